The van der Waals surface area contributed by atoms with E-state index in [2.05, 4.69) is 10.1 Å². The Morgan fingerprint density at radius 3 is 2.79 bits per heavy atom. The first-order valence-corrected chi connectivity index (χ1v) is 9.26. The lowest BCUT2D eigenvalue weighted by molar-refractivity contribution is -0.137. The molecule has 0 bridgehead atoms. The third-order valence-electron chi connectivity index (χ3n) is 4.34. The van der Waals surface area contributed by atoms with Crippen molar-refractivity contribution in [2.75, 3.05) is 32.9 Å². The molecule has 0 radical (unpaired) electrons. The molecule has 2 heterocycles. The van der Waals surface area contributed by atoms with Crippen LogP contribution in [0, 0.1) is 0 Å². The van der Waals surface area contributed by atoms with Gasteiger partial charge in [-0.2, -0.15) is 4.98 Å². The maximum atomic E-state index is 12.3. The van der Waals surface area contributed by atoms with Crippen LogP contribution in [0.25, 0.3) is 22.8 Å². The van der Waals surface area contributed by atoms with Gasteiger partial charge in [-0.05, 0) is 30.3 Å². The Bertz CT molecular complexity index is 969. The van der Waals surface area contributed by atoms with Gasteiger partial charge in [0.2, 0.25) is 5.82 Å². The molecule has 0 N–H and O–H groups in total. The standard InChI is InChI=1S/C20H18ClN3O4/c21-15-5-3-4-14(12-15)20-22-19(23-28-20)16-6-1-2-7-17(16)27-13-18(25)24-8-10-26-11-9-24/h1-7,12H,8-11,13H2. The molecular weight excluding hydrogens is 382 g/mol. The largest absolute Gasteiger partial charge is 0.483 e. The number of carbonyl (C=O) groups excluding carboxylic acids is 1. The number of hydrogen-bond acceptors (Lipinski definition) is 6. The van der Waals surface area contributed by atoms with Crippen LogP contribution >= 0.6 is 11.6 Å². The Balaban J connectivity index is 1.51. The maximum Gasteiger partial charge on any atom is 0.260 e. The van der Waals surface area contributed by atoms with Crippen LogP contribution in [-0.2, 0) is 9.53 Å². The molecule has 1 fully saturated rings. The summed E-state index contributed by atoms with van der Waals surface area (Å²) in [4.78, 5) is 18.5. The van der Waals surface area contributed by atoms with E-state index in [0.29, 0.717) is 54.4 Å². The van der Waals surface area contributed by atoms with Crippen molar-refractivity contribution in [2.45, 2.75) is 0 Å². The van der Waals surface area contributed by atoms with E-state index in [1.54, 1.807) is 23.1 Å². The van der Waals surface area contributed by atoms with Crippen LogP contribution in [0.1, 0.15) is 0 Å². The first-order valence-electron chi connectivity index (χ1n) is 8.88. The molecule has 0 atom stereocenters. The highest BCUT2D eigenvalue weighted by Crippen LogP contribution is 2.30. The van der Waals surface area contributed by atoms with Crippen molar-refractivity contribution in [3.05, 3.63) is 53.6 Å². The smallest absolute Gasteiger partial charge is 0.260 e. The lowest BCUT2D eigenvalue weighted by Gasteiger charge is -2.26. The summed E-state index contributed by atoms with van der Waals surface area (Å²) in [5, 5.41) is 4.63. The maximum absolute atomic E-state index is 12.3. The molecule has 1 amide bonds. The van der Waals surface area contributed by atoms with Gasteiger partial charge in [-0.1, -0.05) is 35.0 Å². The number of benzene rings is 2. The molecule has 2 aromatic carbocycles. The van der Waals surface area contributed by atoms with Gasteiger partial charge in [0.1, 0.15) is 5.75 Å². The highest BCUT2D eigenvalue weighted by Gasteiger charge is 2.19. The van der Waals surface area contributed by atoms with Crippen molar-refractivity contribution in [1.29, 1.82) is 0 Å². The van der Waals surface area contributed by atoms with Crippen molar-refractivity contribution in [3.63, 3.8) is 0 Å². The summed E-state index contributed by atoms with van der Waals surface area (Å²) in [6.07, 6.45) is 0. The van der Waals surface area contributed by atoms with Crippen LogP contribution in [0.2, 0.25) is 5.02 Å². The molecule has 8 heteroatoms. The molecule has 7 nitrogen and oxygen atoms in total. The third-order valence-corrected chi connectivity index (χ3v) is 4.58. The van der Waals surface area contributed by atoms with Crippen molar-refractivity contribution in [1.82, 2.24) is 15.0 Å². The molecule has 1 aliphatic heterocycles. The lowest BCUT2D eigenvalue weighted by Crippen LogP contribution is -2.43. The molecular formula is C20H18ClN3O4. The summed E-state index contributed by atoms with van der Waals surface area (Å²) in [6, 6.07) is 14.5. The highest BCUT2D eigenvalue weighted by molar-refractivity contribution is 6.30. The second-order valence-electron chi connectivity index (χ2n) is 6.21. The zero-order chi connectivity index (χ0) is 19.3. The Labute approximate surface area is 166 Å². The Morgan fingerprint density at radius 1 is 1.14 bits per heavy atom. The number of hydrogen-bond donors (Lipinski definition) is 0. The van der Waals surface area contributed by atoms with Crippen molar-refractivity contribution in [2.24, 2.45) is 0 Å². The van der Waals surface area contributed by atoms with Gasteiger partial charge < -0.3 is 18.9 Å². The number of nitrogens with zero attached hydrogens (tertiary/aromatic N) is 3. The first-order chi connectivity index (χ1) is 13.7. The summed E-state index contributed by atoms with van der Waals surface area (Å²) in [5.74, 6) is 1.18. The third kappa shape index (κ3) is 4.16. The van der Waals surface area contributed by atoms with Gasteiger partial charge in [-0.25, -0.2) is 0 Å². The Kier molecular flexibility index (Phi) is 5.55. The van der Waals surface area contributed by atoms with Gasteiger partial charge in [-0.15, -0.1) is 0 Å². The van der Waals surface area contributed by atoms with Crippen LogP contribution in [-0.4, -0.2) is 53.9 Å². The fraction of sp³-hybridized carbons (Fsp3) is 0.250. The topological polar surface area (TPSA) is 77.7 Å². The SMILES string of the molecule is O=C(COc1ccccc1-c1noc(-c2cccc(Cl)c2)n1)N1CCOCC1. The molecule has 3 aromatic rings. The fourth-order valence-electron chi connectivity index (χ4n) is 2.89. The number of morpholine rings is 1. The molecule has 0 spiro atoms. The van der Waals surface area contributed by atoms with Crippen molar-refractivity contribution in [3.8, 4) is 28.6 Å². The molecule has 0 saturated carbocycles. The van der Waals surface area contributed by atoms with Gasteiger partial charge in [0.15, 0.2) is 6.61 Å². The van der Waals surface area contributed by atoms with Gasteiger partial charge in [0.25, 0.3) is 11.8 Å². The van der Waals surface area contributed by atoms with E-state index in [1.807, 2.05) is 30.3 Å². The van der Waals surface area contributed by atoms with Crippen molar-refractivity contribution >= 4 is 17.5 Å². The van der Waals surface area contributed by atoms with Crippen LogP contribution < -0.4 is 4.74 Å². The minimum atomic E-state index is -0.0779. The van der Waals surface area contributed by atoms with E-state index in [4.69, 9.17) is 25.6 Å². The summed E-state index contributed by atoms with van der Waals surface area (Å²) < 4.78 is 16.4. The van der Waals surface area contributed by atoms with Crippen LogP contribution in [0.5, 0.6) is 5.75 Å². The number of rotatable bonds is 5. The second-order valence-corrected chi connectivity index (χ2v) is 6.65. The molecule has 0 unspecified atom stereocenters. The van der Waals surface area contributed by atoms with Crippen LogP contribution in [0.15, 0.2) is 53.1 Å². The molecule has 144 valence electrons. The lowest BCUT2D eigenvalue weighted by atomic mass is 10.2. The number of carbonyl (C=O) groups is 1. The van der Waals surface area contributed by atoms with Crippen LogP contribution in [0.3, 0.4) is 0 Å². The Morgan fingerprint density at radius 2 is 1.96 bits per heavy atom. The molecule has 28 heavy (non-hydrogen) atoms. The van der Waals surface area contributed by atoms with Gasteiger partial charge >= 0.3 is 0 Å². The minimum absolute atomic E-state index is 0.0595. The van der Waals surface area contributed by atoms with E-state index in [1.165, 1.54) is 0 Å². The van der Waals surface area contributed by atoms with E-state index in [0.717, 1.165) is 5.56 Å². The number of halogens is 1. The predicted molar refractivity (Wildman–Crippen MR) is 103 cm³/mol. The molecule has 0 aliphatic carbocycles. The minimum Gasteiger partial charge on any atom is -0.483 e. The van der Waals surface area contributed by atoms with E-state index in [-0.39, 0.29) is 12.5 Å². The normalized spacial score (nSPS) is 14.1. The van der Waals surface area contributed by atoms with E-state index in [9.17, 15) is 4.79 Å². The Hall–Kier alpha value is -2.90. The summed E-state index contributed by atoms with van der Waals surface area (Å²) in [5.41, 5.74) is 1.38. The average Bonchev–Trinajstić information content (AvgIpc) is 3.23. The van der Waals surface area contributed by atoms with E-state index >= 15 is 0 Å². The summed E-state index contributed by atoms with van der Waals surface area (Å²) in [6.45, 7) is 2.21. The van der Waals surface area contributed by atoms with Gasteiger partial charge in [0.05, 0.1) is 18.8 Å². The van der Waals surface area contributed by atoms with Gasteiger partial charge in [0, 0.05) is 23.7 Å². The van der Waals surface area contributed by atoms with Crippen LogP contribution in [0.4, 0.5) is 0 Å². The number of para-hydroxylation sites is 1. The first kappa shape index (κ1) is 18.5. The summed E-state index contributed by atoms with van der Waals surface area (Å²) >= 11 is 6.03. The zero-order valence-electron chi connectivity index (χ0n) is 15.0. The fourth-order valence-corrected chi connectivity index (χ4v) is 3.08. The monoisotopic (exact) mass is 399 g/mol. The molecule has 4 rings (SSSR count). The van der Waals surface area contributed by atoms with Crippen molar-refractivity contribution < 1.29 is 18.8 Å². The molecule has 1 aliphatic rings. The quantitative estimate of drug-likeness (QED) is 0.655. The van der Waals surface area contributed by atoms with E-state index < -0.39 is 0 Å². The number of amides is 1. The predicted octanol–water partition coefficient (Wildman–Crippen LogP) is 3.29. The molecule has 1 saturated heterocycles. The zero-order valence-corrected chi connectivity index (χ0v) is 15.8. The number of ether oxygens (including phenoxy) is 2. The average molecular weight is 400 g/mol. The number of aromatic nitrogens is 2. The molecule has 1 aromatic heterocycles. The highest BCUT2D eigenvalue weighted by atomic mass is 35.5. The second kappa shape index (κ2) is 8.41. The summed E-state index contributed by atoms with van der Waals surface area (Å²) in [7, 11) is 0. The van der Waals surface area contributed by atoms with Gasteiger partial charge in [-0.3, -0.25) is 4.79 Å².